The van der Waals surface area contributed by atoms with E-state index in [9.17, 15) is 9.59 Å². The van der Waals surface area contributed by atoms with Crippen LogP contribution in [0.4, 0.5) is 0 Å². The molecule has 0 saturated heterocycles. The molecule has 1 aliphatic carbocycles. The summed E-state index contributed by atoms with van der Waals surface area (Å²) in [5, 5.41) is 3.01. The van der Waals surface area contributed by atoms with E-state index in [-0.39, 0.29) is 30.4 Å². The van der Waals surface area contributed by atoms with E-state index < -0.39 is 0 Å². The number of fused-ring (bicyclic) bond motifs is 1. The largest absolute Gasteiger partial charge is 0.492 e. The van der Waals surface area contributed by atoms with Crippen LogP contribution < -0.4 is 10.1 Å². The molecule has 1 saturated carbocycles. The van der Waals surface area contributed by atoms with Crippen molar-refractivity contribution in [3.05, 3.63) is 29.8 Å². The third-order valence-electron chi connectivity index (χ3n) is 5.03. The minimum atomic E-state index is -0.359. The first-order chi connectivity index (χ1) is 12.2. The fraction of sp³-hybridized carbons (Fsp3) is 0.600. The molecule has 5 heteroatoms. The van der Waals surface area contributed by atoms with Crippen LogP contribution in [0.2, 0.25) is 0 Å². The Balaban J connectivity index is 1.42. The molecule has 1 aromatic rings. The van der Waals surface area contributed by atoms with Gasteiger partial charge in [0.2, 0.25) is 0 Å². The fourth-order valence-electron chi connectivity index (χ4n) is 3.60. The molecule has 1 N–H and O–H groups in total. The highest BCUT2D eigenvalue weighted by molar-refractivity contribution is 5.81. The summed E-state index contributed by atoms with van der Waals surface area (Å²) in [5.41, 5.74) is 1.01. The van der Waals surface area contributed by atoms with E-state index in [0.717, 1.165) is 37.0 Å². The van der Waals surface area contributed by atoms with Crippen LogP contribution in [-0.2, 0) is 20.7 Å². The normalized spacial score (nSPS) is 21.2. The molecule has 0 unspecified atom stereocenters. The van der Waals surface area contributed by atoms with Crippen molar-refractivity contribution >= 4 is 11.9 Å². The molecule has 0 radical (unpaired) electrons. The Bertz CT molecular complexity index is 593. The molecule has 1 aliphatic heterocycles. The zero-order valence-electron chi connectivity index (χ0n) is 14.7. The van der Waals surface area contributed by atoms with Crippen LogP contribution in [0.25, 0.3) is 0 Å². The molecule has 2 aliphatic rings. The SMILES string of the molecule is O=C(COC(=O)[C@@H]1COc2ccccc2C1)NC1CCCCCCC1. The Morgan fingerprint density at radius 3 is 2.60 bits per heavy atom. The first-order valence-electron chi connectivity index (χ1n) is 9.39. The lowest BCUT2D eigenvalue weighted by Crippen LogP contribution is -2.39. The molecule has 1 aromatic carbocycles. The van der Waals surface area contributed by atoms with Gasteiger partial charge in [-0.3, -0.25) is 9.59 Å². The summed E-state index contributed by atoms with van der Waals surface area (Å²) in [6, 6.07) is 7.92. The minimum Gasteiger partial charge on any atom is -0.492 e. The van der Waals surface area contributed by atoms with Gasteiger partial charge >= 0.3 is 5.97 Å². The number of rotatable bonds is 4. The zero-order valence-corrected chi connectivity index (χ0v) is 14.7. The van der Waals surface area contributed by atoms with Crippen molar-refractivity contribution in [3.8, 4) is 5.75 Å². The van der Waals surface area contributed by atoms with Gasteiger partial charge in [0.1, 0.15) is 12.4 Å². The van der Waals surface area contributed by atoms with Crippen LogP contribution >= 0.6 is 0 Å². The third-order valence-corrected chi connectivity index (χ3v) is 5.03. The summed E-state index contributed by atoms with van der Waals surface area (Å²) in [5.74, 6) is -0.0731. The monoisotopic (exact) mass is 345 g/mol. The molecule has 0 spiro atoms. The van der Waals surface area contributed by atoms with Gasteiger partial charge in [-0.25, -0.2) is 0 Å². The predicted octanol–water partition coefficient (Wildman–Crippen LogP) is 3.01. The van der Waals surface area contributed by atoms with Gasteiger partial charge in [-0.2, -0.15) is 0 Å². The first-order valence-corrected chi connectivity index (χ1v) is 9.39. The number of amides is 1. The van der Waals surface area contributed by atoms with E-state index in [0.29, 0.717) is 13.0 Å². The van der Waals surface area contributed by atoms with E-state index in [1.807, 2.05) is 24.3 Å². The van der Waals surface area contributed by atoms with Crippen molar-refractivity contribution in [3.63, 3.8) is 0 Å². The standard InChI is InChI=1S/C20H27NO4/c22-19(21-17-9-4-2-1-3-5-10-17)14-25-20(23)16-12-15-8-6-7-11-18(15)24-13-16/h6-8,11,16-17H,1-5,9-10,12-14H2,(H,21,22)/t16-/m0/s1. The summed E-state index contributed by atoms with van der Waals surface area (Å²) < 4.78 is 10.8. The second-order valence-corrected chi connectivity index (χ2v) is 7.04. The summed E-state index contributed by atoms with van der Waals surface area (Å²) in [7, 11) is 0. The van der Waals surface area contributed by atoms with Gasteiger partial charge in [0, 0.05) is 6.04 Å². The van der Waals surface area contributed by atoms with Gasteiger partial charge < -0.3 is 14.8 Å². The van der Waals surface area contributed by atoms with Crippen LogP contribution in [0.3, 0.4) is 0 Å². The van der Waals surface area contributed by atoms with Crippen LogP contribution in [-0.4, -0.2) is 31.1 Å². The lowest BCUT2D eigenvalue weighted by Gasteiger charge is -2.24. The maximum Gasteiger partial charge on any atom is 0.313 e. The van der Waals surface area contributed by atoms with Gasteiger partial charge in [-0.05, 0) is 30.9 Å². The highest BCUT2D eigenvalue weighted by atomic mass is 16.5. The minimum absolute atomic E-state index is 0.198. The molecule has 1 atom stereocenters. The van der Waals surface area contributed by atoms with E-state index >= 15 is 0 Å². The topological polar surface area (TPSA) is 64.6 Å². The molecule has 0 bridgehead atoms. The highest BCUT2D eigenvalue weighted by Gasteiger charge is 2.27. The summed E-state index contributed by atoms with van der Waals surface area (Å²) >= 11 is 0. The average molecular weight is 345 g/mol. The van der Waals surface area contributed by atoms with E-state index in [1.54, 1.807) is 0 Å². The van der Waals surface area contributed by atoms with Crippen LogP contribution in [0.1, 0.15) is 50.5 Å². The van der Waals surface area contributed by atoms with Gasteiger partial charge in [0.15, 0.2) is 6.61 Å². The molecule has 5 nitrogen and oxygen atoms in total. The summed E-state index contributed by atoms with van der Waals surface area (Å²) in [6.07, 6.45) is 8.73. The molecule has 1 amide bonds. The number of hydrogen-bond acceptors (Lipinski definition) is 4. The Morgan fingerprint density at radius 2 is 1.80 bits per heavy atom. The predicted molar refractivity (Wildman–Crippen MR) is 94.3 cm³/mol. The number of carbonyl (C=O) groups excluding carboxylic acids is 2. The lowest BCUT2D eigenvalue weighted by molar-refractivity contribution is -0.154. The van der Waals surface area contributed by atoms with Gasteiger partial charge in [0.25, 0.3) is 5.91 Å². The van der Waals surface area contributed by atoms with Crippen molar-refractivity contribution in [2.24, 2.45) is 5.92 Å². The number of esters is 1. The summed E-state index contributed by atoms with van der Waals surface area (Å²) in [4.78, 5) is 24.3. The van der Waals surface area contributed by atoms with Gasteiger partial charge in [-0.15, -0.1) is 0 Å². The van der Waals surface area contributed by atoms with Crippen LogP contribution in [0.15, 0.2) is 24.3 Å². The average Bonchev–Trinajstić information content (AvgIpc) is 2.61. The molecule has 25 heavy (non-hydrogen) atoms. The zero-order chi connectivity index (χ0) is 17.5. The number of para-hydroxylation sites is 1. The molecule has 1 heterocycles. The third kappa shape index (κ3) is 5.21. The second kappa shape index (κ2) is 8.88. The van der Waals surface area contributed by atoms with Crippen molar-refractivity contribution in [1.82, 2.24) is 5.32 Å². The smallest absolute Gasteiger partial charge is 0.313 e. The van der Waals surface area contributed by atoms with E-state index in [1.165, 1.54) is 19.3 Å². The van der Waals surface area contributed by atoms with Crippen molar-refractivity contribution in [1.29, 1.82) is 0 Å². The van der Waals surface area contributed by atoms with Crippen molar-refractivity contribution in [2.75, 3.05) is 13.2 Å². The maximum atomic E-state index is 12.2. The molecule has 136 valence electrons. The maximum absolute atomic E-state index is 12.2. The first kappa shape index (κ1) is 17.8. The van der Waals surface area contributed by atoms with E-state index in [2.05, 4.69) is 5.32 Å². The molecule has 3 rings (SSSR count). The molecular formula is C20H27NO4. The number of carbonyl (C=O) groups is 2. The number of hydrogen-bond donors (Lipinski definition) is 1. The van der Waals surface area contributed by atoms with Crippen LogP contribution in [0.5, 0.6) is 5.75 Å². The quantitative estimate of drug-likeness (QED) is 0.852. The molecular weight excluding hydrogens is 318 g/mol. The molecule has 1 fully saturated rings. The number of nitrogens with one attached hydrogen (secondary N) is 1. The lowest BCUT2D eigenvalue weighted by atomic mass is 9.96. The Hall–Kier alpha value is -2.04. The van der Waals surface area contributed by atoms with Crippen molar-refractivity contribution < 1.29 is 19.1 Å². The summed E-state index contributed by atoms with van der Waals surface area (Å²) in [6.45, 7) is 0.105. The highest BCUT2D eigenvalue weighted by Crippen LogP contribution is 2.27. The Morgan fingerprint density at radius 1 is 1.08 bits per heavy atom. The number of ether oxygens (including phenoxy) is 2. The fourth-order valence-corrected chi connectivity index (χ4v) is 3.60. The Labute approximate surface area is 149 Å². The van der Waals surface area contributed by atoms with Crippen LogP contribution in [0, 0.1) is 5.92 Å². The number of benzene rings is 1. The van der Waals surface area contributed by atoms with E-state index in [4.69, 9.17) is 9.47 Å². The Kier molecular flexibility index (Phi) is 6.31. The van der Waals surface area contributed by atoms with Gasteiger partial charge in [-0.1, -0.05) is 50.3 Å². The second-order valence-electron chi connectivity index (χ2n) is 7.04. The van der Waals surface area contributed by atoms with Crippen molar-refractivity contribution in [2.45, 2.75) is 57.4 Å². The van der Waals surface area contributed by atoms with Gasteiger partial charge in [0.05, 0.1) is 5.92 Å². The molecule has 0 aromatic heterocycles.